The summed E-state index contributed by atoms with van der Waals surface area (Å²) in [6, 6.07) is 16.6. The Balaban J connectivity index is 2.19. The fourth-order valence-electron chi connectivity index (χ4n) is 2.31. The fraction of sp³-hybridized carbons (Fsp3) is 0.222. The molecule has 0 radical (unpaired) electrons. The lowest BCUT2D eigenvalue weighted by Gasteiger charge is -2.25. The van der Waals surface area contributed by atoms with Crippen LogP contribution in [0.3, 0.4) is 0 Å². The Morgan fingerprint density at radius 1 is 1.12 bits per heavy atom. The number of anilines is 1. The van der Waals surface area contributed by atoms with Gasteiger partial charge in [-0.3, -0.25) is 4.79 Å². The largest absolute Gasteiger partial charge is 0.310 e. The lowest BCUT2D eigenvalue weighted by Crippen LogP contribution is -2.41. The van der Waals surface area contributed by atoms with Crippen molar-refractivity contribution < 1.29 is 13.2 Å². The van der Waals surface area contributed by atoms with E-state index in [9.17, 15) is 13.2 Å². The van der Waals surface area contributed by atoms with Gasteiger partial charge < -0.3 is 4.90 Å². The van der Waals surface area contributed by atoms with E-state index in [2.05, 4.69) is 0 Å². The number of benzene rings is 2. The molecule has 0 heterocycles. The quantitative estimate of drug-likeness (QED) is 0.726. The molecule has 0 aromatic heterocycles. The molecule has 0 spiro atoms. The van der Waals surface area contributed by atoms with Gasteiger partial charge in [-0.1, -0.05) is 29.8 Å². The first-order valence-corrected chi connectivity index (χ1v) is 9.62. The molecular weight excluding hydrogens is 374 g/mol. The Labute approximate surface area is 158 Å². The second-order valence-corrected chi connectivity index (χ2v) is 7.99. The predicted molar refractivity (Wildman–Crippen MR) is 100 cm³/mol. The lowest BCUT2D eigenvalue weighted by molar-refractivity contribution is -0.118. The molecule has 0 fully saturated rings. The zero-order chi connectivity index (χ0) is 19.2. The highest BCUT2D eigenvalue weighted by atomic mass is 35.5. The highest BCUT2D eigenvalue weighted by Gasteiger charge is 2.25. The average molecular weight is 392 g/mol. The van der Waals surface area contributed by atoms with Crippen molar-refractivity contribution in [3.63, 3.8) is 0 Å². The Bertz CT molecular complexity index is 894. The summed E-state index contributed by atoms with van der Waals surface area (Å²) in [5.41, 5.74) is 0.616. The topological polar surface area (TPSA) is 81.5 Å². The molecule has 6 nitrogen and oxygen atoms in total. The van der Waals surface area contributed by atoms with E-state index in [1.165, 1.54) is 36.2 Å². The Kier molecular flexibility index (Phi) is 6.75. The first-order chi connectivity index (χ1) is 12.4. The second-order valence-electron chi connectivity index (χ2n) is 5.50. The van der Waals surface area contributed by atoms with Gasteiger partial charge in [-0.2, -0.15) is 9.57 Å². The molecule has 0 aliphatic rings. The predicted octanol–water partition coefficient (Wildman–Crippen LogP) is 2.91. The van der Waals surface area contributed by atoms with Crippen LogP contribution in [-0.4, -0.2) is 38.8 Å². The van der Waals surface area contributed by atoms with Crippen molar-refractivity contribution in [2.75, 3.05) is 25.0 Å². The average Bonchev–Trinajstić information content (AvgIpc) is 2.63. The van der Waals surface area contributed by atoms with Crippen molar-refractivity contribution >= 4 is 33.2 Å². The van der Waals surface area contributed by atoms with E-state index in [0.717, 1.165) is 4.31 Å². The maximum absolute atomic E-state index is 12.7. The molecule has 0 aliphatic carbocycles. The molecule has 2 rings (SSSR count). The molecule has 8 heteroatoms. The number of halogens is 1. The number of likely N-dealkylation sites (N-methyl/N-ethyl adjacent to an activating group) is 1. The molecule has 0 unspecified atom stereocenters. The number of hydrogen-bond acceptors (Lipinski definition) is 4. The minimum absolute atomic E-state index is 0.0560. The first kappa shape index (κ1) is 19.9. The fourth-order valence-corrected chi connectivity index (χ4v) is 3.56. The van der Waals surface area contributed by atoms with E-state index in [4.69, 9.17) is 16.9 Å². The Morgan fingerprint density at radius 3 is 2.31 bits per heavy atom. The molecule has 0 saturated carbocycles. The molecule has 1 amide bonds. The van der Waals surface area contributed by atoms with Crippen LogP contribution in [0.15, 0.2) is 59.5 Å². The number of nitrogens with zero attached hydrogens (tertiary/aromatic N) is 3. The maximum atomic E-state index is 12.7. The van der Waals surface area contributed by atoms with Gasteiger partial charge in [0, 0.05) is 24.3 Å². The van der Waals surface area contributed by atoms with E-state index in [0.29, 0.717) is 10.7 Å². The summed E-state index contributed by atoms with van der Waals surface area (Å²) in [5, 5.41) is 9.25. The lowest BCUT2D eigenvalue weighted by atomic mass is 10.2. The first-order valence-electron chi connectivity index (χ1n) is 7.80. The molecule has 0 saturated heterocycles. The van der Waals surface area contributed by atoms with Crippen LogP contribution < -0.4 is 4.90 Å². The van der Waals surface area contributed by atoms with E-state index in [-0.39, 0.29) is 24.4 Å². The van der Waals surface area contributed by atoms with Gasteiger partial charge in [-0.15, -0.1) is 0 Å². The number of carbonyl (C=O) groups excluding carboxylic acids is 1. The SMILES string of the molecule is CN(CC(=O)N(CCC#N)c1ccccc1)S(=O)(=O)c1ccc(Cl)cc1. The zero-order valence-electron chi connectivity index (χ0n) is 14.2. The minimum atomic E-state index is -3.82. The maximum Gasteiger partial charge on any atom is 0.243 e. The van der Waals surface area contributed by atoms with Gasteiger partial charge in [-0.25, -0.2) is 8.42 Å². The molecule has 0 aliphatic heterocycles. The van der Waals surface area contributed by atoms with Crippen molar-refractivity contribution in [1.29, 1.82) is 5.26 Å². The molecule has 0 atom stereocenters. The number of sulfonamides is 1. The summed E-state index contributed by atoms with van der Waals surface area (Å²) in [6.07, 6.45) is 0.147. The summed E-state index contributed by atoms with van der Waals surface area (Å²) in [5.74, 6) is -0.411. The number of rotatable bonds is 7. The van der Waals surface area contributed by atoms with E-state index in [1.807, 2.05) is 12.1 Å². The van der Waals surface area contributed by atoms with Crippen molar-refractivity contribution in [2.45, 2.75) is 11.3 Å². The van der Waals surface area contributed by atoms with Crippen molar-refractivity contribution in [1.82, 2.24) is 4.31 Å². The molecule has 0 N–H and O–H groups in total. The summed E-state index contributed by atoms with van der Waals surface area (Å²) >= 11 is 5.79. The number of carbonyl (C=O) groups is 1. The number of nitriles is 1. The van der Waals surface area contributed by atoms with Gasteiger partial charge in [-0.05, 0) is 36.4 Å². The van der Waals surface area contributed by atoms with Crippen molar-refractivity contribution in [2.24, 2.45) is 0 Å². The Morgan fingerprint density at radius 2 is 1.73 bits per heavy atom. The molecule has 2 aromatic carbocycles. The van der Waals surface area contributed by atoms with Crippen molar-refractivity contribution in [3.05, 3.63) is 59.6 Å². The van der Waals surface area contributed by atoms with Crippen LogP contribution in [0.5, 0.6) is 0 Å². The normalized spacial score (nSPS) is 11.2. The standard InChI is InChI=1S/C18H18ClN3O3S/c1-21(26(24,25)17-10-8-15(19)9-11-17)14-18(23)22(13-5-12-20)16-6-3-2-4-7-16/h2-4,6-11H,5,13-14H2,1H3. The summed E-state index contributed by atoms with van der Waals surface area (Å²) in [7, 11) is -2.48. The molecule has 2 aromatic rings. The van der Waals surface area contributed by atoms with Crippen LogP contribution >= 0.6 is 11.6 Å². The van der Waals surface area contributed by atoms with Crippen LogP contribution in [0.2, 0.25) is 5.02 Å². The highest BCUT2D eigenvalue weighted by Crippen LogP contribution is 2.19. The highest BCUT2D eigenvalue weighted by molar-refractivity contribution is 7.89. The number of amides is 1. The molecule has 26 heavy (non-hydrogen) atoms. The monoisotopic (exact) mass is 391 g/mol. The van der Waals surface area contributed by atoms with Gasteiger partial charge in [0.25, 0.3) is 0 Å². The summed E-state index contributed by atoms with van der Waals surface area (Å²) < 4.78 is 26.2. The van der Waals surface area contributed by atoms with Gasteiger partial charge in [0.15, 0.2) is 0 Å². The molecule has 136 valence electrons. The van der Waals surface area contributed by atoms with Crippen LogP contribution in [0.4, 0.5) is 5.69 Å². The zero-order valence-corrected chi connectivity index (χ0v) is 15.7. The van der Waals surface area contributed by atoms with Crippen LogP contribution in [0, 0.1) is 11.3 Å². The number of para-hydroxylation sites is 1. The van der Waals surface area contributed by atoms with Crippen LogP contribution in [0.25, 0.3) is 0 Å². The van der Waals surface area contributed by atoms with Crippen LogP contribution in [-0.2, 0) is 14.8 Å². The van der Waals surface area contributed by atoms with E-state index >= 15 is 0 Å². The van der Waals surface area contributed by atoms with Gasteiger partial charge in [0.05, 0.1) is 23.9 Å². The smallest absolute Gasteiger partial charge is 0.243 e. The van der Waals surface area contributed by atoms with Crippen LogP contribution in [0.1, 0.15) is 6.42 Å². The minimum Gasteiger partial charge on any atom is -0.310 e. The number of hydrogen-bond donors (Lipinski definition) is 0. The van der Waals surface area contributed by atoms with Gasteiger partial charge >= 0.3 is 0 Å². The van der Waals surface area contributed by atoms with E-state index in [1.54, 1.807) is 24.3 Å². The van der Waals surface area contributed by atoms with Gasteiger partial charge in [0.1, 0.15) is 0 Å². The van der Waals surface area contributed by atoms with E-state index < -0.39 is 15.9 Å². The third-order valence-corrected chi connectivity index (χ3v) is 5.77. The second kappa shape index (κ2) is 8.81. The van der Waals surface area contributed by atoms with Crippen molar-refractivity contribution in [3.8, 4) is 6.07 Å². The summed E-state index contributed by atoms with van der Waals surface area (Å²) in [4.78, 5) is 14.2. The summed E-state index contributed by atoms with van der Waals surface area (Å²) in [6.45, 7) is -0.153. The molecule has 0 bridgehead atoms. The third-order valence-electron chi connectivity index (χ3n) is 3.70. The third kappa shape index (κ3) is 4.82. The Hall–Kier alpha value is -2.40. The molecular formula is C18H18ClN3O3S. The van der Waals surface area contributed by atoms with Gasteiger partial charge in [0.2, 0.25) is 15.9 Å².